The van der Waals surface area contributed by atoms with Gasteiger partial charge in [-0.05, 0) is 67.8 Å². The third-order valence-corrected chi connectivity index (χ3v) is 6.84. The van der Waals surface area contributed by atoms with E-state index in [1.807, 2.05) is 29.2 Å². The number of benzene rings is 1. The predicted molar refractivity (Wildman–Crippen MR) is 107 cm³/mol. The third kappa shape index (κ3) is 3.68. The first-order valence-corrected chi connectivity index (χ1v) is 10.3. The fourth-order valence-corrected chi connectivity index (χ4v) is 5.23. The molecule has 7 heteroatoms. The summed E-state index contributed by atoms with van der Waals surface area (Å²) in [6.45, 7) is 3.12. The van der Waals surface area contributed by atoms with Crippen LogP contribution in [0.2, 0.25) is 0 Å². The SMILES string of the molecule is COc1ccc(NC(=O)N2CCN(C(=O)C3CC4CC3CC4CN)CC2)cc1. The van der Waals surface area contributed by atoms with Gasteiger partial charge in [0.25, 0.3) is 0 Å². The minimum atomic E-state index is -0.122. The summed E-state index contributed by atoms with van der Waals surface area (Å²) in [5.74, 6) is 2.99. The molecule has 1 aliphatic heterocycles. The molecule has 3 fully saturated rings. The van der Waals surface area contributed by atoms with E-state index in [4.69, 9.17) is 10.5 Å². The van der Waals surface area contributed by atoms with Crippen molar-refractivity contribution in [2.24, 2.45) is 29.4 Å². The van der Waals surface area contributed by atoms with E-state index in [9.17, 15) is 9.59 Å². The van der Waals surface area contributed by atoms with Gasteiger partial charge in [-0.3, -0.25) is 4.79 Å². The summed E-state index contributed by atoms with van der Waals surface area (Å²) >= 11 is 0. The molecule has 3 aliphatic rings. The lowest BCUT2D eigenvalue weighted by Gasteiger charge is -2.37. The highest BCUT2D eigenvalue weighted by Crippen LogP contribution is 2.51. The molecule has 1 aromatic carbocycles. The van der Waals surface area contributed by atoms with Gasteiger partial charge in [0, 0.05) is 37.8 Å². The van der Waals surface area contributed by atoms with Gasteiger partial charge in [-0.25, -0.2) is 4.79 Å². The molecule has 0 aromatic heterocycles. The lowest BCUT2D eigenvalue weighted by molar-refractivity contribution is -0.138. The molecular formula is C21H30N4O3. The van der Waals surface area contributed by atoms with Gasteiger partial charge in [0.15, 0.2) is 0 Å². The summed E-state index contributed by atoms with van der Waals surface area (Å²) < 4.78 is 5.13. The Morgan fingerprint density at radius 1 is 1.04 bits per heavy atom. The number of anilines is 1. The van der Waals surface area contributed by atoms with E-state index in [1.165, 1.54) is 6.42 Å². The fourth-order valence-electron chi connectivity index (χ4n) is 5.23. The van der Waals surface area contributed by atoms with E-state index in [2.05, 4.69) is 5.32 Å². The highest BCUT2D eigenvalue weighted by molar-refractivity contribution is 5.89. The van der Waals surface area contributed by atoms with Gasteiger partial charge in [0.05, 0.1) is 7.11 Å². The van der Waals surface area contributed by atoms with E-state index >= 15 is 0 Å². The average Bonchev–Trinajstić information content (AvgIpc) is 3.34. The molecule has 3 N–H and O–H groups in total. The number of urea groups is 1. The lowest BCUT2D eigenvalue weighted by Crippen LogP contribution is -2.53. The Morgan fingerprint density at radius 3 is 2.29 bits per heavy atom. The fraction of sp³-hybridized carbons (Fsp3) is 0.619. The molecular weight excluding hydrogens is 356 g/mol. The molecule has 2 saturated carbocycles. The topological polar surface area (TPSA) is 87.9 Å². The van der Waals surface area contributed by atoms with Gasteiger partial charge < -0.3 is 25.6 Å². The van der Waals surface area contributed by atoms with Crippen molar-refractivity contribution in [3.8, 4) is 5.75 Å². The third-order valence-electron chi connectivity index (χ3n) is 6.84. The first-order chi connectivity index (χ1) is 13.6. The Kier molecular flexibility index (Phi) is 5.44. The van der Waals surface area contributed by atoms with Crippen molar-refractivity contribution in [3.63, 3.8) is 0 Å². The number of nitrogens with two attached hydrogens (primary N) is 1. The maximum absolute atomic E-state index is 13.0. The second-order valence-corrected chi connectivity index (χ2v) is 8.30. The van der Waals surface area contributed by atoms with Crippen LogP contribution >= 0.6 is 0 Å². The summed E-state index contributed by atoms with van der Waals surface area (Å²) in [6, 6.07) is 7.15. The van der Waals surface area contributed by atoms with Crippen LogP contribution in [0.25, 0.3) is 0 Å². The lowest BCUT2D eigenvalue weighted by atomic mass is 9.81. The number of amides is 3. The van der Waals surface area contributed by atoms with E-state index in [-0.39, 0.29) is 17.9 Å². The molecule has 2 aliphatic carbocycles. The van der Waals surface area contributed by atoms with Crippen LogP contribution in [0.15, 0.2) is 24.3 Å². The number of carbonyl (C=O) groups excluding carboxylic acids is 2. The average molecular weight is 386 g/mol. The summed E-state index contributed by atoms with van der Waals surface area (Å²) in [5, 5.41) is 2.91. The van der Waals surface area contributed by atoms with Gasteiger partial charge in [-0.1, -0.05) is 0 Å². The zero-order valence-electron chi connectivity index (χ0n) is 16.5. The normalized spacial score (nSPS) is 29.1. The van der Waals surface area contributed by atoms with Crippen LogP contribution in [0.1, 0.15) is 19.3 Å². The summed E-state index contributed by atoms with van der Waals surface area (Å²) in [6.07, 6.45) is 3.29. The quantitative estimate of drug-likeness (QED) is 0.828. The first-order valence-electron chi connectivity index (χ1n) is 10.3. The zero-order valence-corrected chi connectivity index (χ0v) is 16.5. The van der Waals surface area contributed by atoms with Crippen molar-refractivity contribution in [1.82, 2.24) is 9.80 Å². The standard InChI is InChI=1S/C21H30N4O3/c1-28-18-4-2-17(3-5-18)23-21(27)25-8-6-24(7-9-25)20(26)19-12-14-10-15(19)11-16(14)13-22/h2-5,14-16,19H,6-13,22H2,1H3,(H,23,27). The molecule has 1 saturated heterocycles. The van der Waals surface area contributed by atoms with Crippen LogP contribution in [-0.2, 0) is 4.79 Å². The van der Waals surface area contributed by atoms with Crippen LogP contribution in [0.5, 0.6) is 5.75 Å². The number of ether oxygens (including phenoxy) is 1. The van der Waals surface area contributed by atoms with Gasteiger partial charge in [-0.2, -0.15) is 0 Å². The summed E-state index contributed by atoms with van der Waals surface area (Å²) in [4.78, 5) is 29.2. The van der Waals surface area contributed by atoms with Crippen molar-refractivity contribution < 1.29 is 14.3 Å². The van der Waals surface area contributed by atoms with Gasteiger partial charge >= 0.3 is 6.03 Å². The van der Waals surface area contributed by atoms with E-state index in [1.54, 1.807) is 12.0 Å². The van der Waals surface area contributed by atoms with Crippen LogP contribution in [-0.4, -0.2) is 61.6 Å². The number of nitrogens with zero attached hydrogens (tertiary/aromatic N) is 2. The second kappa shape index (κ2) is 7.99. The number of methoxy groups -OCH3 is 1. The molecule has 1 heterocycles. The minimum Gasteiger partial charge on any atom is -0.497 e. The zero-order chi connectivity index (χ0) is 19.7. The molecule has 0 radical (unpaired) electrons. The number of carbonyl (C=O) groups is 2. The largest absolute Gasteiger partial charge is 0.497 e. The van der Waals surface area contributed by atoms with Gasteiger partial charge in [0.1, 0.15) is 5.75 Å². The Labute approximate surface area is 166 Å². The Hall–Kier alpha value is -2.28. The van der Waals surface area contributed by atoms with Crippen LogP contribution in [0.4, 0.5) is 10.5 Å². The van der Waals surface area contributed by atoms with Crippen LogP contribution < -0.4 is 15.8 Å². The monoisotopic (exact) mass is 386 g/mol. The number of nitrogens with one attached hydrogen (secondary N) is 1. The van der Waals surface area contributed by atoms with Crippen molar-refractivity contribution in [2.45, 2.75) is 19.3 Å². The summed E-state index contributed by atoms with van der Waals surface area (Å²) in [7, 11) is 1.61. The molecule has 2 bridgehead atoms. The van der Waals surface area contributed by atoms with Gasteiger partial charge in [-0.15, -0.1) is 0 Å². The smallest absolute Gasteiger partial charge is 0.321 e. The molecule has 4 unspecified atom stereocenters. The first kappa shape index (κ1) is 19.1. The summed E-state index contributed by atoms with van der Waals surface area (Å²) in [5.41, 5.74) is 6.59. The van der Waals surface area contributed by atoms with Crippen molar-refractivity contribution in [1.29, 1.82) is 0 Å². The van der Waals surface area contributed by atoms with Crippen molar-refractivity contribution in [3.05, 3.63) is 24.3 Å². The number of fused-ring (bicyclic) bond motifs is 2. The molecule has 3 amide bonds. The maximum Gasteiger partial charge on any atom is 0.321 e. The molecule has 0 spiro atoms. The maximum atomic E-state index is 13.0. The van der Waals surface area contributed by atoms with Crippen molar-refractivity contribution >= 4 is 17.6 Å². The molecule has 4 rings (SSSR count). The van der Waals surface area contributed by atoms with Crippen LogP contribution in [0, 0.1) is 23.7 Å². The second-order valence-electron chi connectivity index (χ2n) is 8.30. The van der Waals surface area contributed by atoms with E-state index in [0.29, 0.717) is 43.9 Å². The van der Waals surface area contributed by atoms with Crippen molar-refractivity contribution in [2.75, 3.05) is 45.2 Å². The molecule has 4 atom stereocenters. The predicted octanol–water partition coefficient (Wildman–Crippen LogP) is 1.99. The number of hydrogen-bond donors (Lipinski definition) is 2. The number of piperazine rings is 1. The molecule has 7 nitrogen and oxygen atoms in total. The Balaban J connectivity index is 1.26. The highest BCUT2D eigenvalue weighted by Gasteiger charge is 2.49. The molecule has 1 aromatic rings. The molecule has 152 valence electrons. The highest BCUT2D eigenvalue weighted by atomic mass is 16.5. The number of hydrogen-bond acceptors (Lipinski definition) is 4. The molecule has 28 heavy (non-hydrogen) atoms. The van der Waals surface area contributed by atoms with E-state index in [0.717, 1.165) is 30.8 Å². The van der Waals surface area contributed by atoms with Crippen LogP contribution in [0.3, 0.4) is 0 Å². The Morgan fingerprint density at radius 2 is 1.71 bits per heavy atom. The van der Waals surface area contributed by atoms with Gasteiger partial charge in [0.2, 0.25) is 5.91 Å². The minimum absolute atomic E-state index is 0.122. The van der Waals surface area contributed by atoms with E-state index < -0.39 is 0 Å². The number of rotatable bonds is 4. The Bertz CT molecular complexity index is 715.